The molecule has 2 N–H and O–H groups in total. The summed E-state index contributed by atoms with van der Waals surface area (Å²) in [5.74, 6) is -0.244. The lowest BCUT2D eigenvalue weighted by molar-refractivity contribution is -0.121. The molecule has 0 atom stereocenters. The molecule has 0 radical (unpaired) electrons. The largest absolute Gasteiger partial charge is 0.385 e. The van der Waals surface area contributed by atoms with Crippen LogP contribution in [-0.2, 0) is 16.1 Å². The van der Waals surface area contributed by atoms with Gasteiger partial charge < -0.3 is 15.0 Å². The van der Waals surface area contributed by atoms with Gasteiger partial charge in [-0.25, -0.2) is 4.68 Å². The summed E-state index contributed by atoms with van der Waals surface area (Å²) in [5.41, 5.74) is 2.17. The van der Waals surface area contributed by atoms with Crippen LogP contribution in [0.4, 0.5) is 0 Å². The first-order chi connectivity index (χ1) is 11.6. The molecule has 24 heavy (non-hydrogen) atoms. The maximum Gasteiger partial charge on any atom is 0.291 e. The number of amides is 1. The van der Waals surface area contributed by atoms with Gasteiger partial charge in [-0.1, -0.05) is 11.6 Å². The average Bonchev–Trinajstić information content (AvgIpc) is 2.93. The van der Waals surface area contributed by atoms with E-state index in [0.717, 1.165) is 28.3 Å². The van der Waals surface area contributed by atoms with Crippen molar-refractivity contribution in [3.8, 4) is 0 Å². The molecule has 7 heteroatoms. The predicted molar refractivity (Wildman–Crippen MR) is 92.1 cm³/mol. The van der Waals surface area contributed by atoms with Gasteiger partial charge >= 0.3 is 0 Å². The van der Waals surface area contributed by atoms with Crippen molar-refractivity contribution < 1.29 is 9.53 Å². The van der Waals surface area contributed by atoms with Crippen LogP contribution >= 0.6 is 0 Å². The zero-order valence-electron chi connectivity index (χ0n) is 13.8. The van der Waals surface area contributed by atoms with Gasteiger partial charge in [-0.2, -0.15) is 5.10 Å². The summed E-state index contributed by atoms with van der Waals surface area (Å²) in [6.45, 7) is 2.99. The third kappa shape index (κ3) is 3.16. The van der Waals surface area contributed by atoms with Crippen LogP contribution in [0.1, 0.15) is 12.0 Å². The molecule has 0 saturated carbocycles. The summed E-state index contributed by atoms with van der Waals surface area (Å²) < 4.78 is 6.10. The van der Waals surface area contributed by atoms with Gasteiger partial charge in [-0.05, 0) is 25.5 Å². The van der Waals surface area contributed by atoms with E-state index in [1.807, 2.05) is 25.1 Å². The van der Waals surface area contributed by atoms with Crippen LogP contribution in [-0.4, -0.2) is 40.9 Å². The minimum atomic E-state index is -0.298. The number of nitrogens with zero attached hydrogens (tertiary/aromatic N) is 2. The van der Waals surface area contributed by atoms with Crippen LogP contribution in [0.5, 0.6) is 0 Å². The van der Waals surface area contributed by atoms with Gasteiger partial charge in [0.05, 0.1) is 6.20 Å². The molecule has 0 bridgehead atoms. The number of carbonyl (C=O) groups excluding carboxylic acids is 1. The quantitative estimate of drug-likeness (QED) is 0.668. The molecule has 3 aromatic rings. The average molecular weight is 328 g/mol. The van der Waals surface area contributed by atoms with Gasteiger partial charge in [-0.15, -0.1) is 0 Å². The van der Waals surface area contributed by atoms with E-state index in [0.29, 0.717) is 18.7 Å². The second-order valence-electron chi connectivity index (χ2n) is 5.77. The second-order valence-corrected chi connectivity index (χ2v) is 5.77. The Morgan fingerprint density at radius 2 is 2.21 bits per heavy atom. The molecule has 2 heterocycles. The minimum absolute atomic E-state index is 0.101. The number of rotatable bonds is 6. The number of ether oxygens (including phenoxy) is 1. The first kappa shape index (κ1) is 16.2. The highest BCUT2D eigenvalue weighted by Gasteiger charge is 2.12. The number of methoxy groups -OCH3 is 1. The number of aromatic nitrogens is 3. The summed E-state index contributed by atoms with van der Waals surface area (Å²) in [7, 11) is 1.61. The highest BCUT2D eigenvalue weighted by Crippen LogP contribution is 2.23. The Hall–Kier alpha value is -2.67. The first-order valence-corrected chi connectivity index (χ1v) is 7.84. The number of carbonyl (C=O) groups is 1. The maximum atomic E-state index is 12.6. The molecular weight excluding hydrogens is 308 g/mol. The van der Waals surface area contributed by atoms with E-state index < -0.39 is 0 Å². The van der Waals surface area contributed by atoms with Crippen LogP contribution in [0.15, 0.2) is 29.2 Å². The molecule has 0 aliphatic carbocycles. The van der Waals surface area contributed by atoms with Gasteiger partial charge in [0.2, 0.25) is 5.91 Å². The molecule has 3 rings (SSSR count). The molecule has 7 nitrogen and oxygen atoms in total. The molecule has 0 fully saturated rings. The molecule has 0 spiro atoms. The Balaban J connectivity index is 1.85. The van der Waals surface area contributed by atoms with Crippen LogP contribution in [0, 0.1) is 6.92 Å². The van der Waals surface area contributed by atoms with Crippen molar-refractivity contribution in [3.63, 3.8) is 0 Å². The highest BCUT2D eigenvalue weighted by molar-refractivity contribution is 6.06. The van der Waals surface area contributed by atoms with Crippen LogP contribution < -0.4 is 10.9 Å². The second kappa shape index (κ2) is 6.84. The van der Waals surface area contributed by atoms with Crippen molar-refractivity contribution in [2.45, 2.75) is 19.9 Å². The fraction of sp³-hybridized carbons (Fsp3) is 0.353. The van der Waals surface area contributed by atoms with E-state index >= 15 is 0 Å². The molecular formula is C17H20N4O3. The molecule has 126 valence electrons. The fourth-order valence-electron chi connectivity index (χ4n) is 2.69. The van der Waals surface area contributed by atoms with E-state index in [9.17, 15) is 9.59 Å². The van der Waals surface area contributed by atoms with Crippen molar-refractivity contribution >= 4 is 27.7 Å². The smallest absolute Gasteiger partial charge is 0.291 e. The van der Waals surface area contributed by atoms with Crippen molar-refractivity contribution in [2.24, 2.45) is 0 Å². The predicted octanol–water partition coefficient (Wildman–Crippen LogP) is 1.34. The van der Waals surface area contributed by atoms with Crippen molar-refractivity contribution in [1.82, 2.24) is 20.1 Å². The Labute approximate surface area is 138 Å². The van der Waals surface area contributed by atoms with E-state index in [1.165, 1.54) is 4.68 Å². The number of hydrogen-bond acceptors (Lipinski definition) is 4. The molecule has 2 aromatic heterocycles. The standard InChI is InChI=1S/C17H20N4O3/c1-11-4-5-14-12(8-11)13-9-19-21(17(23)16(13)20-14)10-15(22)18-6-3-7-24-2/h4-5,8-9,20H,3,6-7,10H2,1-2H3,(H,18,22). The zero-order chi connectivity index (χ0) is 17.1. The van der Waals surface area contributed by atoms with Gasteiger partial charge in [-0.3, -0.25) is 9.59 Å². The Kier molecular flexibility index (Phi) is 4.61. The molecule has 0 saturated heterocycles. The van der Waals surface area contributed by atoms with Crippen LogP contribution in [0.3, 0.4) is 0 Å². The van der Waals surface area contributed by atoms with E-state index in [2.05, 4.69) is 15.4 Å². The Morgan fingerprint density at radius 3 is 3.00 bits per heavy atom. The number of nitrogens with one attached hydrogen (secondary N) is 2. The lowest BCUT2D eigenvalue weighted by atomic mass is 10.1. The van der Waals surface area contributed by atoms with Crippen LogP contribution in [0.25, 0.3) is 21.8 Å². The Bertz CT molecular complexity index is 942. The normalized spacial score (nSPS) is 11.2. The van der Waals surface area contributed by atoms with Gasteiger partial charge in [0.25, 0.3) is 5.56 Å². The number of benzene rings is 1. The number of aromatic amines is 1. The summed E-state index contributed by atoms with van der Waals surface area (Å²) >= 11 is 0. The fourth-order valence-corrected chi connectivity index (χ4v) is 2.69. The van der Waals surface area contributed by atoms with Gasteiger partial charge in [0, 0.05) is 36.6 Å². The zero-order valence-corrected chi connectivity index (χ0v) is 13.8. The van der Waals surface area contributed by atoms with E-state index in [1.54, 1.807) is 13.3 Å². The number of H-pyrrole nitrogens is 1. The lowest BCUT2D eigenvalue weighted by Gasteiger charge is -2.06. The minimum Gasteiger partial charge on any atom is -0.385 e. The molecule has 0 aliphatic heterocycles. The monoisotopic (exact) mass is 328 g/mol. The van der Waals surface area contributed by atoms with Gasteiger partial charge in [0.15, 0.2) is 0 Å². The molecule has 1 aromatic carbocycles. The van der Waals surface area contributed by atoms with E-state index in [4.69, 9.17) is 4.74 Å². The van der Waals surface area contributed by atoms with Crippen molar-refractivity contribution in [1.29, 1.82) is 0 Å². The van der Waals surface area contributed by atoms with E-state index in [-0.39, 0.29) is 18.0 Å². The first-order valence-electron chi connectivity index (χ1n) is 7.84. The molecule has 1 amide bonds. The summed E-state index contributed by atoms with van der Waals surface area (Å²) in [5, 5.41) is 8.63. The highest BCUT2D eigenvalue weighted by atomic mass is 16.5. The number of hydrogen-bond donors (Lipinski definition) is 2. The van der Waals surface area contributed by atoms with Crippen molar-refractivity contribution in [3.05, 3.63) is 40.3 Å². The molecule has 0 aliphatic rings. The van der Waals surface area contributed by atoms with Gasteiger partial charge in [0.1, 0.15) is 12.1 Å². The maximum absolute atomic E-state index is 12.6. The third-order valence-corrected chi connectivity index (χ3v) is 3.91. The summed E-state index contributed by atoms with van der Waals surface area (Å²) in [6, 6.07) is 5.94. The van der Waals surface area contributed by atoms with Crippen LogP contribution in [0.2, 0.25) is 0 Å². The summed E-state index contributed by atoms with van der Waals surface area (Å²) in [4.78, 5) is 27.6. The summed E-state index contributed by atoms with van der Waals surface area (Å²) in [6.07, 6.45) is 2.36. The molecule has 0 unspecified atom stereocenters. The third-order valence-electron chi connectivity index (χ3n) is 3.91. The topological polar surface area (TPSA) is 89.0 Å². The SMILES string of the molecule is COCCCNC(=O)Cn1ncc2c([nH]c3ccc(C)cc32)c1=O. The lowest BCUT2D eigenvalue weighted by Crippen LogP contribution is -2.34. The number of fused-ring (bicyclic) bond motifs is 3. The number of aryl methyl sites for hydroxylation is 1. The van der Waals surface area contributed by atoms with Crippen molar-refractivity contribution in [2.75, 3.05) is 20.3 Å². The Morgan fingerprint density at radius 1 is 1.38 bits per heavy atom.